The first-order chi connectivity index (χ1) is 7.77. The molecule has 80 valence electrons. The molecule has 0 unspecified atom stereocenters. The number of carbonyl (C=O) groups is 1. The molecule has 2 nitrogen and oxygen atoms in total. The van der Waals surface area contributed by atoms with E-state index >= 15 is 0 Å². The second kappa shape index (κ2) is 4.94. The smallest absolute Gasteiger partial charge is 0.237 e. The van der Waals surface area contributed by atoms with Crippen LogP contribution < -0.4 is 4.57 Å². The molecule has 0 aliphatic rings. The summed E-state index contributed by atoms with van der Waals surface area (Å²) in [6, 6.07) is 14.9. The van der Waals surface area contributed by atoms with E-state index in [2.05, 4.69) is 12.6 Å². The lowest BCUT2D eigenvalue weighted by Gasteiger charge is -1.99. The van der Waals surface area contributed by atoms with E-state index in [9.17, 15) is 4.79 Å². The van der Waals surface area contributed by atoms with Crippen molar-refractivity contribution in [2.75, 3.05) is 0 Å². The van der Waals surface area contributed by atoms with Gasteiger partial charge in [0, 0.05) is 17.7 Å². The fraction of sp³-hybridized carbons (Fsp3) is 0.0769. The van der Waals surface area contributed by atoms with Crippen LogP contribution in [0, 0.1) is 0 Å². The summed E-state index contributed by atoms with van der Waals surface area (Å²) in [7, 11) is 0. The number of carbonyl (C=O) groups excluding carboxylic acids is 1. The number of rotatable bonds is 3. The lowest BCUT2D eigenvalue weighted by Crippen LogP contribution is -2.39. The van der Waals surface area contributed by atoms with Crippen LogP contribution in [0.15, 0.2) is 59.8 Å². The molecule has 0 atom stereocenters. The Morgan fingerprint density at radius 2 is 1.75 bits per heavy atom. The highest BCUT2D eigenvalue weighted by Gasteiger charge is 2.13. The van der Waals surface area contributed by atoms with Gasteiger partial charge in [0.1, 0.15) is 0 Å². The molecule has 0 spiro atoms. The van der Waals surface area contributed by atoms with Crippen LogP contribution in [0.5, 0.6) is 0 Å². The molecule has 0 saturated carbocycles. The Balaban J connectivity index is 2.18. The molecular weight excluding hydrogens is 218 g/mol. The van der Waals surface area contributed by atoms with E-state index in [-0.39, 0.29) is 5.78 Å². The van der Waals surface area contributed by atoms with Gasteiger partial charge in [-0.2, -0.15) is 4.57 Å². The van der Waals surface area contributed by atoms with Crippen molar-refractivity contribution < 1.29 is 9.36 Å². The number of thiol groups is 1. The highest BCUT2D eigenvalue weighted by Crippen LogP contribution is 2.02. The number of hydrogen-bond acceptors (Lipinski definition) is 2. The fourth-order valence-corrected chi connectivity index (χ4v) is 1.69. The maximum Gasteiger partial charge on any atom is 0.237 e. The molecule has 3 heteroatoms. The third kappa shape index (κ3) is 2.49. The molecule has 0 aliphatic carbocycles. The number of nitrogens with zero attached hydrogens (tertiary/aromatic N) is 1. The predicted molar refractivity (Wildman–Crippen MR) is 64.7 cm³/mol. The van der Waals surface area contributed by atoms with Crippen LogP contribution in [0.1, 0.15) is 10.4 Å². The normalized spacial score (nSPS) is 10.1. The fourth-order valence-electron chi connectivity index (χ4n) is 1.47. The molecule has 16 heavy (non-hydrogen) atoms. The molecule has 2 rings (SSSR count). The van der Waals surface area contributed by atoms with Crippen LogP contribution in [0.4, 0.5) is 0 Å². The van der Waals surface area contributed by atoms with Crippen molar-refractivity contribution in [2.24, 2.45) is 0 Å². The van der Waals surface area contributed by atoms with E-state index in [0.717, 1.165) is 10.6 Å². The van der Waals surface area contributed by atoms with Gasteiger partial charge in [-0.25, -0.2) is 0 Å². The van der Waals surface area contributed by atoms with E-state index in [0.29, 0.717) is 6.54 Å². The van der Waals surface area contributed by atoms with E-state index in [1.165, 1.54) is 0 Å². The van der Waals surface area contributed by atoms with E-state index in [4.69, 9.17) is 0 Å². The summed E-state index contributed by atoms with van der Waals surface area (Å²) in [5.41, 5.74) is 0.728. The van der Waals surface area contributed by atoms with E-state index < -0.39 is 0 Å². The highest BCUT2D eigenvalue weighted by atomic mass is 32.1. The molecule has 0 saturated heterocycles. The molecule has 1 aromatic heterocycles. The lowest BCUT2D eigenvalue weighted by molar-refractivity contribution is -0.719. The summed E-state index contributed by atoms with van der Waals surface area (Å²) >= 11 is 4.30. The molecule has 2 aromatic rings. The van der Waals surface area contributed by atoms with Gasteiger partial charge in [-0.05, 0) is 6.07 Å². The third-order valence-electron chi connectivity index (χ3n) is 2.33. The van der Waals surface area contributed by atoms with Gasteiger partial charge < -0.3 is 0 Å². The van der Waals surface area contributed by atoms with Gasteiger partial charge >= 0.3 is 0 Å². The number of pyridine rings is 1. The number of Topliss-reactive ketones (excluding diaryl/α,β-unsaturated/α-hetero) is 1. The van der Waals surface area contributed by atoms with Crippen molar-refractivity contribution >= 4 is 18.4 Å². The Bertz CT molecular complexity index is 496. The first-order valence-corrected chi connectivity index (χ1v) is 5.48. The summed E-state index contributed by atoms with van der Waals surface area (Å²) in [6.07, 6.45) is 1.85. The minimum Gasteiger partial charge on any atom is -0.287 e. The van der Waals surface area contributed by atoms with Crippen LogP contribution in [0.25, 0.3) is 0 Å². The van der Waals surface area contributed by atoms with Crippen LogP contribution in [0.2, 0.25) is 0 Å². The van der Waals surface area contributed by atoms with Crippen molar-refractivity contribution in [1.29, 1.82) is 0 Å². The van der Waals surface area contributed by atoms with Gasteiger partial charge in [-0.15, -0.1) is 0 Å². The van der Waals surface area contributed by atoms with Crippen molar-refractivity contribution in [3.8, 4) is 0 Å². The number of hydrogen-bond donors (Lipinski definition) is 1. The second-order valence-corrected chi connectivity index (χ2v) is 3.93. The molecule has 0 N–H and O–H groups in total. The minimum atomic E-state index is 0.0899. The SMILES string of the molecule is O=C(C[n+]1ccccc1S)c1ccccc1. The Labute approximate surface area is 100.0 Å². The molecule has 0 aliphatic heterocycles. The molecule has 1 aromatic carbocycles. The average Bonchev–Trinajstić information content (AvgIpc) is 2.33. The molecule has 0 radical (unpaired) electrons. The number of ketones is 1. The maximum atomic E-state index is 11.9. The van der Waals surface area contributed by atoms with Gasteiger partial charge in [-0.3, -0.25) is 4.79 Å². The zero-order valence-corrected chi connectivity index (χ0v) is 9.60. The van der Waals surface area contributed by atoms with Gasteiger partial charge in [0.15, 0.2) is 6.20 Å². The highest BCUT2D eigenvalue weighted by molar-refractivity contribution is 7.80. The molecular formula is C13H12NOS+. The standard InChI is InChI=1S/C13H11NOS/c15-12(11-6-2-1-3-7-11)10-14-9-5-4-8-13(14)16/h1-9H,10H2/p+1. The summed E-state index contributed by atoms with van der Waals surface area (Å²) in [4.78, 5) is 11.9. The quantitative estimate of drug-likeness (QED) is 0.487. The number of benzene rings is 1. The van der Waals surface area contributed by atoms with Crippen molar-refractivity contribution in [1.82, 2.24) is 0 Å². The van der Waals surface area contributed by atoms with Gasteiger partial charge in [0.2, 0.25) is 17.4 Å². The van der Waals surface area contributed by atoms with Crippen molar-refractivity contribution in [2.45, 2.75) is 11.6 Å². The molecule has 1 heterocycles. The zero-order valence-electron chi connectivity index (χ0n) is 8.71. The first-order valence-electron chi connectivity index (χ1n) is 5.03. The molecule has 0 bridgehead atoms. The van der Waals surface area contributed by atoms with Gasteiger partial charge in [0.05, 0.1) is 0 Å². The van der Waals surface area contributed by atoms with Crippen molar-refractivity contribution in [3.63, 3.8) is 0 Å². The summed E-state index contributed by atoms with van der Waals surface area (Å²) < 4.78 is 1.82. The second-order valence-electron chi connectivity index (χ2n) is 3.48. The van der Waals surface area contributed by atoms with E-state index in [1.807, 2.05) is 59.3 Å². The molecule has 0 amide bonds. The number of aromatic nitrogens is 1. The van der Waals surface area contributed by atoms with Crippen LogP contribution in [-0.4, -0.2) is 5.78 Å². The van der Waals surface area contributed by atoms with Crippen molar-refractivity contribution in [3.05, 3.63) is 60.3 Å². The Morgan fingerprint density at radius 3 is 2.44 bits per heavy atom. The lowest BCUT2D eigenvalue weighted by atomic mass is 10.1. The Morgan fingerprint density at radius 1 is 1.06 bits per heavy atom. The third-order valence-corrected chi connectivity index (χ3v) is 2.73. The zero-order chi connectivity index (χ0) is 11.4. The Kier molecular flexibility index (Phi) is 3.37. The summed E-state index contributed by atoms with van der Waals surface area (Å²) in [6.45, 7) is 0.323. The van der Waals surface area contributed by atoms with Crippen LogP contribution in [-0.2, 0) is 6.54 Å². The largest absolute Gasteiger partial charge is 0.287 e. The molecule has 0 fully saturated rings. The Hall–Kier alpha value is -1.61. The summed E-state index contributed by atoms with van der Waals surface area (Å²) in [5.74, 6) is 0.0899. The minimum absolute atomic E-state index is 0.0899. The van der Waals surface area contributed by atoms with Gasteiger partial charge in [-0.1, -0.05) is 43.0 Å². The summed E-state index contributed by atoms with van der Waals surface area (Å²) in [5, 5.41) is 0.784. The monoisotopic (exact) mass is 230 g/mol. The van der Waals surface area contributed by atoms with Crippen LogP contribution in [0.3, 0.4) is 0 Å². The average molecular weight is 230 g/mol. The van der Waals surface area contributed by atoms with Crippen LogP contribution >= 0.6 is 12.6 Å². The topological polar surface area (TPSA) is 20.9 Å². The predicted octanol–water partition coefficient (Wildman–Crippen LogP) is 2.15. The maximum absolute atomic E-state index is 11.9. The first kappa shape index (κ1) is 10.9. The van der Waals surface area contributed by atoms with E-state index in [1.54, 1.807) is 0 Å². The van der Waals surface area contributed by atoms with Gasteiger partial charge in [0.25, 0.3) is 0 Å².